The number of hydrogen-bond acceptors (Lipinski definition) is 5. The molecule has 0 spiro atoms. The molecule has 1 amide bonds. The smallest absolute Gasteiger partial charge is 0.258 e. The van der Waals surface area contributed by atoms with Gasteiger partial charge in [-0.05, 0) is 42.5 Å². The molecule has 2 heterocycles. The molecule has 3 aromatic rings. The summed E-state index contributed by atoms with van der Waals surface area (Å²) < 4.78 is 32.0. The minimum absolute atomic E-state index is 0.0846. The largest absolute Gasteiger partial charge is 0.481 e. The Balaban J connectivity index is 1.50. The molecule has 1 unspecified atom stereocenters. The number of carbonyl (C=O) groups is 1. The molecule has 0 fully saturated rings. The molecule has 31 heavy (non-hydrogen) atoms. The van der Waals surface area contributed by atoms with Gasteiger partial charge in [-0.1, -0.05) is 13.8 Å². The predicted octanol–water partition coefficient (Wildman–Crippen LogP) is 4.03. The Labute approximate surface area is 178 Å². The van der Waals surface area contributed by atoms with E-state index in [1.54, 1.807) is 18.6 Å². The topological polar surface area (TPSA) is 77.0 Å². The highest BCUT2D eigenvalue weighted by Gasteiger charge is 2.34. The van der Waals surface area contributed by atoms with E-state index in [1.165, 1.54) is 0 Å². The Kier molecular flexibility index (Phi) is 5.63. The molecule has 160 valence electrons. The number of nitrogens with one attached hydrogen (secondary N) is 1. The Bertz CT molecular complexity index is 1110. The van der Waals surface area contributed by atoms with Crippen LogP contribution in [0.3, 0.4) is 0 Å². The number of rotatable bonds is 5. The van der Waals surface area contributed by atoms with Gasteiger partial charge in [-0.15, -0.1) is 0 Å². The Morgan fingerprint density at radius 1 is 1.23 bits per heavy atom. The van der Waals surface area contributed by atoms with E-state index in [2.05, 4.69) is 29.1 Å². The summed E-state index contributed by atoms with van der Waals surface area (Å²) in [4.78, 5) is 25.7. The van der Waals surface area contributed by atoms with E-state index >= 15 is 0 Å². The van der Waals surface area contributed by atoms with Crippen molar-refractivity contribution in [1.29, 1.82) is 0 Å². The first-order valence-electron chi connectivity index (χ1n) is 9.94. The molecule has 1 aliphatic carbocycles. The number of benzene rings is 1. The summed E-state index contributed by atoms with van der Waals surface area (Å²) in [6.07, 6.45) is 6.59. The van der Waals surface area contributed by atoms with Gasteiger partial charge in [-0.3, -0.25) is 9.78 Å². The molecule has 8 heteroatoms. The molecule has 1 aromatic carbocycles. The first-order chi connectivity index (χ1) is 14.8. The molecule has 6 nitrogen and oxygen atoms in total. The van der Waals surface area contributed by atoms with Crippen molar-refractivity contribution in [2.24, 2.45) is 5.41 Å². The van der Waals surface area contributed by atoms with E-state index in [0.29, 0.717) is 18.3 Å². The predicted molar refractivity (Wildman–Crippen MR) is 110 cm³/mol. The lowest BCUT2D eigenvalue weighted by molar-refractivity contribution is -0.124. The molecule has 0 saturated carbocycles. The molecule has 0 bridgehead atoms. The van der Waals surface area contributed by atoms with Crippen molar-refractivity contribution in [2.45, 2.75) is 32.7 Å². The van der Waals surface area contributed by atoms with E-state index < -0.39 is 17.5 Å². The van der Waals surface area contributed by atoms with Gasteiger partial charge in [0.1, 0.15) is 5.82 Å². The number of carbonyl (C=O) groups excluding carboxylic acids is 1. The normalized spacial score (nSPS) is 17.0. The van der Waals surface area contributed by atoms with E-state index in [9.17, 15) is 13.6 Å². The quantitative estimate of drug-likeness (QED) is 0.669. The van der Waals surface area contributed by atoms with Crippen molar-refractivity contribution >= 4 is 5.91 Å². The highest BCUT2D eigenvalue weighted by Crippen LogP contribution is 2.40. The number of ether oxygens (including phenoxy) is 1. The van der Waals surface area contributed by atoms with Crippen molar-refractivity contribution in [2.75, 3.05) is 6.61 Å². The maximum Gasteiger partial charge on any atom is 0.258 e. The minimum atomic E-state index is -0.853. The van der Waals surface area contributed by atoms with Crippen LogP contribution < -0.4 is 10.1 Å². The Hall–Kier alpha value is -3.42. The van der Waals surface area contributed by atoms with Gasteiger partial charge in [0.2, 0.25) is 0 Å². The third-order valence-corrected chi connectivity index (χ3v) is 5.20. The zero-order valence-electron chi connectivity index (χ0n) is 17.2. The first-order valence-corrected chi connectivity index (χ1v) is 9.94. The van der Waals surface area contributed by atoms with Crippen LogP contribution in [0.15, 0.2) is 48.9 Å². The van der Waals surface area contributed by atoms with Gasteiger partial charge in [0.15, 0.2) is 24.0 Å². The number of nitrogens with zero attached hydrogens (tertiary/aromatic N) is 3. The van der Waals surface area contributed by atoms with Crippen molar-refractivity contribution in [3.63, 3.8) is 0 Å². The zero-order chi connectivity index (χ0) is 22.0. The molecule has 1 N–H and O–H groups in total. The van der Waals surface area contributed by atoms with Crippen LogP contribution in [-0.4, -0.2) is 27.5 Å². The SMILES string of the molecule is CC1(C)Cc2nc(-c3ccncc3)ncc2C(NC(=O)COc2ccc(F)cc2F)C1. The lowest BCUT2D eigenvalue weighted by Gasteiger charge is -2.36. The van der Waals surface area contributed by atoms with Gasteiger partial charge in [-0.2, -0.15) is 0 Å². The molecule has 0 saturated heterocycles. The molecule has 4 rings (SSSR count). The van der Waals surface area contributed by atoms with Gasteiger partial charge in [0, 0.05) is 35.8 Å². The van der Waals surface area contributed by atoms with Gasteiger partial charge in [0.05, 0.1) is 11.7 Å². The molecule has 0 aliphatic heterocycles. The highest BCUT2D eigenvalue weighted by atomic mass is 19.1. The van der Waals surface area contributed by atoms with Crippen LogP contribution in [0.4, 0.5) is 8.78 Å². The Morgan fingerprint density at radius 2 is 2.00 bits per heavy atom. The number of amides is 1. The minimum Gasteiger partial charge on any atom is -0.481 e. The van der Waals surface area contributed by atoms with E-state index in [4.69, 9.17) is 9.72 Å². The fourth-order valence-electron chi connectivity index (χ4n) is 3.79. The standard InChI is InChI=1S/C23H22F2N4O2/c1-23(2)10-18(28-21(30)13-31-20-4-3-15(24)9-17(20)25)16-12-27-22(29-19(16)11-23)14-5-7-26-8-6-14/h3-9,12,18H,10-11,13H2,1-2H3,(H,28,30). The Morgan fingerprint density at radius 3 is 2.74 bits per heavy atom. The summed E-state index contributed by atoms with van der Waals surface area (Å²) in [7, 11) is 0. The van der Waals surface area contributed by atoms with Crippen molar-refractivity contribution in [1.82, 2.24) is 20.3 Å². The summed E-state index contributed by atoms with van der Waals surface area (Å²) in [5.41, 5.74) is 2.53. The van der Waals surface area contributed by atoms with Gasteiger partial charge in [0.25, 0.3) is 5.91 Å². The lowest BCUT2D eigenvalue weighted by Crippen LogP contribution is -2.39. The van der Waals surface area contributed by atoms with Crippen LogP contribution in [-0.2, 0) is 11.2 Å². The lowest BCUT2D eigenvalue weighted by atomic mass is 9.74. The second-order valence-electron chi connectivity index (χ2n) is 8.36. The fourth-order valence-corrected chi connectivity index (χ4v) is 3.79. The maximum atomic E-state index is 13.7. The van der Waals surface area contributed by atoms with Crippen LogP contribution in [0.2, 0.25) is 0 Å². The number of pyridine rings is 1. The number of hydrogen-bond donors (Lipinski definition) is 1. The summed E-state index contributed by atoms with van der Waals surface area (Å²) in [5, 5.41) is 2.94. The molecular formula is C23H22F2N4O2. The summed E-state index contributed by atoms with van der Waals surface area (Å²) >= 11 is 0. The molecular weight excluding hydrogens is 402 g/mol. The second-order valence-corrected chi connectivity index (χ2v) is 8.36. The fraction of sp³-hybridized carbons (Fsp3) is 0.304. The number of fused-ring (bicyclic) bond motifs is 1. The summed E-state index contributed by atoms with van der Waals surface area (Å²) in [6, 6.07) is 6.35. The van der Waals surface area contributed by atoms with Crippen molar-refractivity contribution in [3.05, 3.63) is 71.8 Å². The van der Waals surface area contributed by atoms with Gasteiger partial charge >= 0.3 is 0 Å². The highest BCUT2D eigenvalue weighted by molar-refractivity contribution is 5.78. The van der Waals surface area contributed by atoms with Crippen LogP contribution in [0.25, 0.3) is 11.4 Å². The summed E-state index contributed by atoms with van der Waals surface area (Å²) in [6.45, 7) is 3.85. The van der Waals surface area contributed by atoms with E-state index in [0.717, 1.165) is 35.4 Å². The van der Waals surface area contributed by atoms with Crippen molar-refractivity contribution in [3.8, 4) is 17.1 Å². The third kappa shape index (κ3) is 4.84. The van der Waals surface area contributed by atoms with Gasteiger partial charge < -0.3 is 10.1 Å². The monoisotopic (exact) mass is 424 g/mol. The molecule has 1 atom stereocenters. The molecule has 2 aromatic heterocycles. The van der Waals surface area contributed by atoms with Crippen LogP contribution in [0, 0.1) is 17.0 Å². The van der Waals surface area contributed by atoms with Crippen LogP contribution in [0.5, 0.6) is 5.75 Å². The van der Waals surface area contributed by atoms with E-state index in [1.807, 2.05) is 12.1 Å². The number of halogens is 2. The average molecular weight is 424 g/mol. The van der Waals surface area contributed by atoms with E-state index in [-0.39, 0.29) is 23.8 Å². The van der Waals surface area contributed by atoms with Crippen LogP contribution >= 0.6 is 0 Å². The number of aromatic nitrogens is 3. The van der Waals surface area contributed by atoms with Crippen LogP contribution in [0.1, 0.15) is 37.6 Å². The average Bonchev–Trinajstić information content (AvgIpc) is 2.72. The second kappa shape index (κ2) is 8.37. The third-order valence-electron chi connectivity index (χ3n) is 5.20. The zero-order valence-corrected chi connectivity index (χ0v) is 17.2. The van der Waals surface area contributed by atoms with Gasteiger partial charge in [-0.25, -0.2) is 18.7 Å². The summed E-state index contributed by atoms with van der Waals surface area (Å²) in [5.74, 6) is -1.53. The molecule has 1 aliphatic rings. The van der Waals surface area contributed by atoms with Crippen molar-refractivity contribution < 1.29 is 18.3 Å². The molecule has 0 radical (unpaired) electrons. The first kappa shape index (κ1) is 20.8. The maximum absolute atomic E-state index is 13.7.